The molecule has 0 aliphatic carbocycles. The van der Waals surface area contributed by atoms with Gasteiger partial charge in [0.2, 0.25) is 0 Å². The number of carbonyl (C=O) groups is 1. The van der Waals surface area contributed by atoms with Crippen LogP contribution in [0.4, 0.5) is 0 Å². The van der Waals surface area contributed by atoms with Crippen LogP contribution in [0.3, 0.4) is 0 Å². The highest BCUT2D eigenvalue weighted by atomic mass is 16.7. The van der Waals surface area contributed by atoms with Crippen LogP contribution in [0.2, 0.25) is 0 Å². The van der Waals surface area contributed by atoms with E-state index in [1.54, 1.807) is 27.7 Å². The predicted molar refractivity (Wildman–Crippen MR) is 142 cm³/mol. The third-order valence-corrected chi connectivity index (χ3v) is 8.65. The number of aliphatic hydroxyl groups is 4. The van der Waals surface area contributed by atoms with Crippen molar-refractivity contribution in [3.63, 3.8) is 0 Å². The summed E-state index contributed by atoms with van der Waals surface area (Å²) in [5, 5.41) is 43.9. The average molecular weight is 548 g/mol. The Balaban J connectivity index is 2.38. The smallest absolute Gasteiger partial charge is 0.311 e. The Kier molecular flexibility index (Phi) is 11.2. The van der Waals surface area contributed by atoms with Crippen LogP contribution in [0.15, 0.2) is 0 Å². The van der Waals surface area contributed by atoms with Crippen LogP contribution in [0, 0.1) is 17.8 Å². The molecule has 2 rings (SSSR count). The summed E-state index contributed by atoms with van der Waals surface area (Å²) >= 11 is 0. The Labute approximate surface area is 228 Å². The van der Waals surface area contributed by atoms with Crippen LogP contribution in [0.25, 0.3) is 0 Å². The van der Waals surface area contributed by atoms with Gasteiger partial charge in [0.15, 0.2) is 6.29 Å². The largest absolute Gasteiger partial charge is 0.462 e. The highest BCUT2D eigenvalue weighted by Gasteiger charge is 2.47. The zero-order valence-corrected chi connectivity index (χ0v) is 25.0. The second-order valence-electron chi connectivity index (χ2n) is 12.9. The number of nitrogens with zero attached hydrogens (tertiary/aromatic N) is 1. The molecule has 0 radical (unpaired) electrons. The zero-order chi connectivity index (χ0) is 29.2. The molecule has 0 saturated carbocycles. The summed E-state index contributed by atoms with van der Waals surface area (Å²) in [7, 11) is 3.39. The number of aliphatic hydroxyl groups excluding tert-OH is 2. The second kappa shape index (κ2) is 12.8. The highest BCUT2D eigenvalue weighted by Crippen LogP contribution is 2.37. The molecule has 224 valence electrons. The standard InChI is InChI=1S/C28H53NO9/c1-16-11-26(6,33)12-17(2)22(38-21-13-28(8,35-10)24(31)20(5)37-21)18(3)25(32)36-15-27(7,34)23(30)19(4)29(9)14-16/h16-24,30-31,33-34H,11-15H2,1-10H3/t16?,17?,18?,19?,20-,21-,22?,23?,24-,26?,27?,28+/m0/s1. The predicted octanol–water partition coefficient (Wildman–Crippen LogP) is 1.70. The van der Waals surface area contributed by atoms with Gasteiger partial charge in [0.25, 0.3) is 0 Å². The fraction of sp³-hybridized carbons (Fsp3) is 0.964. The molecule has 2 heterocycles. The van der Waals surface area contributed by atoms with E-state index in [0.717, 1.165) is 0 Å². The van der Waals surface area contributed by atoms with E-state index in [1.807, 2.05) is 32.7 Å². The van der Waals surface area contributed by atoms with Crippen molar-refractivity contribution in [1.29, 1.82) is 0 Å². The average Bonchev–Trinajstić information content (AvgIpc) is 2.81. The molecule has 0 aromatic carbocycles. The van der Waals surface area contributed by atoms with Crippen molar-refractivity contribution in [2.75, 3.05) is 27.3 Å². The van der Waals surface area contributed by atoms with Gasteiger partial charge in [-0.15, -0.1) is 0 Å². The van der Waals surface area contributed by atoms with Gasteiger partial charge in [0, 0.05) is 26.1 Å². The lowest BCUT2D eigenvalue weighted by atomic mass is 9.80. The molecule has 12 atom stereocenters. The lowest BCUT2D eigenvalue weighted by molar-refractivity contribution is -0.296. The van der Waals surface area contributed by atoms with Crippen molar-refractivity contribution < 1.29 is 44.2 Å². The van der Waals surface area contributed by atoms with Crippen molar-refractivity contribution in [2.45, 2.75) is 128 Å². The van der Waals surface area contributed by atoms with E-state index in [2.05, 4.69) is 0 Å². The van der Waals surface area contributed by atoms with E-state index in [9.17, 15) is 25.2 Å². The Morgan fingerprint density at radius 2 is 1.58 bits per heavy atom. The van der Waals surface area contributed by atoms with Gasteiger partial charge < -0.3 is 44.3 Å². The molecule has 0 amide bonds. The summed E-state index contributed by atoms with van der Waals surface area (Å²) in [5.74, 6) is -1.53. The molecular weight excluding hydrogens is 494 g/mol. The van der Waals surface area contributed by atoms with Crippen LogP contribution in [0.1, 0.15) is 74.7 Å². The number of hydrogen-bond donors (Lipinski definition) is 4. The monoisotopic (exact) mass is 547 g/mol. The first kappa shape index (κ1) is 33.4. The molecule has 2 saturated heterocycles. The van der Waals surface area contributed by atoms with Crippen molar-refractivity contribution in [3.05, 3.63) is 0 Å². The molecule has 2 aliphatic heterocycles. The van der Waals surface area contributed by atoms with Gasteiger partial charge in [-0.1, -0.05) is 13.8 Å². The molecule has 0 aromatic rings. The summed E-state index contributed by atoms with van der Waals surface area (Å²) in [6.07, 6.45) is -2.92. The number of hydrogen-bond acceptors (Lipinski definition) is 10. The molecule has 10 nitrogen and oxygen atoms in total. The molecule has 0 aromatic heterocycles. The summed E-state index contributed by atoms with van der Waals surface area (Å²) in [6.45, 7) is 14.5. The fourth-order valence-electron chi connectivity index (χ4n) is 6.21. The van der Waals surface area contributed by atoms with Crippen LogP contribution < -0.4 is 0 Å². The Bertz CT molecular complexity index is 777. The molecule has 10 heteroatoms. The summed E-state index contributed by atoms with van der Waals surface area (Å²) in [5.41, 5.74) is -3.61. The first-order valence-electron chi connectivity index (χ1n) is 13.9. The zero-order valence-electron chi connectivity index (χ0n) is 25.0. The second-order valence-corrected chi connectivity index (χ2v) is 12.9. The maximum absolute atomic E-state index is 13.2. The lowest BCUT2D eigenvalue weighted by Crippen LogP contribution is -2.57. The van der Waals surface area contributed by atoms with E-state index >= 15 is 0 Å². The lowest BCUT2D eigenvalue weighted by Gasteiger charge is -2.46. The molecule has 38 heavy (non-hydrogen) atoms. The molecular formula is C28H53NO9. The first-order chi connectivity index (χ1) is 17.3. The Hall–Kier alpha value is -0.850. The molecule has 0 bridgehead atoms. The first-order valence-corrected chi connectivity index (χ1v) is 13.9. The Morgan fingerprint density at radius 3 is 2.16 bits per heavy atom. The van der Waals surface area contributed by atoms with E-state index in [1.165, 1.54) is 14.0 Å². The van der Waals surface area contributed by atoms with Crippen molar-refractivity contribution >= 4 is 5.97 Å². The van der Waals surface area contributed by atoms with Gasteiger partial charge in [-0.2, -0.15) is 0 Å². The van der Waals surface area contributed by atoms with Gasteiger partial charge in [0.05, 0.1) is 29.3 Å². The molecule has 8 unspecified atom stereocenters. The van der Waals surface area contributed by atoms with Crippen molar-refractivity contribution in [1.82, 2.24) is 4.90 Å². The number of cyclic esters (lactones) is 1. The maximum atomic E-state index is 13.2. The number of carbonyl (C=O) groups excluding carboxylic acids is 1. The van der Waals surface area contributed by atoms with Crippen LogP contribution in [-0.4, -0.2) is 112 Å². The summed E-state index contributed by atoms with van der Waals surface area (Å²) in [4.78, 5) is 15.2. The quantitative estimate of drug-likeness (QED) is 0.386. The fourth-order valence-corrected chi connectivity index (χ4v) is 6.21. The van der Waals surface area contributed by atoms with Crippen LogP contribution in [0.5, 0.6) is 0 Å². The minimum atomic E-state index is -1.67. The van der Waals surface area contributed by atoms with Gasteiger partial charge in [-0.3, -0.25) is 4.79 Å². The summed E-state index contributed by atoms with van der Waals surface area (Å²) in [6, 6.07) is -0.412. The van der Waals surface area contributed by atoms with E-state index in [-0.39, 0.29) is 24.9 Å². The minimum Gasteiger partial charge on any atom is -0.462 e. The third-order valence-electron chi connectivity index (χ3n) is 8.65. The number of likely N-dealkylation sites (N-methyl/N-ethyl adjacent to an activating group) is 1. The molecule has 2 fully saturated rings. The number of rotatable bonds is 3. The van der Waals surface area contributed by atoms with E-state index < -0.39 is 65.4 Å². The van der Waals surface area contributed by atoms with Gasteiger partial charge >= 0.3 is 5.97 Å². The van der Waals surface area contributed by atoms with E-state index in [0.29, 0.717) is 19.4 Å². The number of ether oxygens (including phenoxy) is 4. The number of esters is 1. The van der Waals surface area contributed by atoms with E-state index in [4.69, 9.17) is 18.9 Å². The number of methoxy groups -OCH3 is 1. The normalized spacial score (nSPS) is 49.1. The molecule has 0 spiro atoms. The third kappa shape index (κ3) is 8.10. The SMILES string of the molecule is CO[C@]1(C)C[C@H](OC2C(C)CC(C)(O)CC(C)CN(C)C(C)C(O)C(C)(O)COC(=O)C2C)O[C@@H](C)[C@@H]1O. The summed E-state index contributed by atoms with van der Waals surface area (Å²) < 4.78 is 23.5. The van der Waals surface area contributed by atoms with Crippen molar-refractivity contribution in [3.8, 4) is 0 Å². The minimum absolute atomic E-state index is 0.0908. The van der Waals surface area contributed by atoms with Crippen molar-refractivity contribution in [2.24, 2.45) is 17.8 Å². The molecule has 4 N–H and O–H groups in total. The van der Waals surface area contributed by atoms with Gasteiger partial charge in [-0.05, 0) is 73.3 Å². The Morgan fingerprint density at radius 1 is 0.974 bits per heavy atom. The highest BCUT2D eigenvalue weighted by molar-refractivity contribution is 5.72. The van der Waals surface area contributed by atoms with Crippen LogP contribution in [-0.2, 0) is 23.7 Å². The van der Waals surface area contributed by atoms with Gasteiger partial charge in [-0.25, -0.2) is 0 Å². The van der Waals surface area contributed by atoms with Crippen LogP contribution >= 0.6 is 0 Å². The molecule has 2 aliphatic rings. The topological polar surface area (TPSA) is 138 Å². The van der Waals surface area contributed by atoms with Gasteiger partial charge in [0.1, 0.15) is 24.4 Å². The maximum Gasteiger partial charge on any atom is 0.311 e.